The summed E-state index contributed by atoms with van der Waals surface area (Å²) >= 11 is 0. The molecular formula is C14H17N. The summed E-state index contributed by atoms with van der Waals surface area (Å²) in [5.74, 6) is 2.71. The van der Waals surface area contributed by atoms with Crippen LogP contribution in [0.25, 0.3) is 0 Å². The fraction of sp³-hybridized carbons (Fsp3) is 0.429. The maximum atomic E-state index is 5.34. The Morgan fingerprint density at radius 1 is 1.40 bits per heavy atom. The Kier molecular flexibility index (Phi) is 3.08. The molecule has 1 heteroatoms. The fourth-order valence-corrected chi connectivity index (χ4v) is 2.33. The van der Waals surface area contributed by atoms with Crippen LogP contribution in [-0.4, -0.2) is 24.5 Å². The lowest BCUT2D eigenvalue weighted by atomic mass is 9.88. The molecule has 1 aliphatic carbocycles. The van der Waals surface area contributed by atoms with E-state index in [0.29, 0.717) is 6.04 Å². The molecule has 0 saturated heterocycles. The number of aryl methyl sites for hydroxylation is 1. The van der Waals surface area contributed by atoms with E-state index < -0.39 is 0 Å². The van der Waals surface area contributed by atoms with E-state index in [0.717, 1.165) is 13.0 Å². The van der Waals surface area contributed by atoms with Gasteiger partial charge in [0.25, 0.3) is 0 Å². The Balaban J connectivity index is 2.09. The molecule has 2 rings (SSSR count). The molecule has 1 atom stereocenters. The molecule has 0 saturated carbocycles. The standard InChI is InChI=1S/C14H17N/c1-3-10-15(2)14-9-8-12-6-4-5-7-13(12)11-14/h1,4-7,14H,8-11H2,2H3/t14-/m1/s1. The van der Waals surface area contributed by atoms with Crippen LogP contribution in [0.3, 0.4) is 0 Å². The summed E-state index contributed by atoms with van der Waals surface area (Å²) in [6.45, 7) is 0.757. The molecule has 0 radical (unpaired) electrons. The molecule has 1 nitrogen and oxygen atoms in total. The first-order valence-electron chi connectivity index (χ1n) is 5.51. The Hall–Kier alpha value is -1.26. The van der Waals surface area contributed by atoms with Gasteiger partial charge in [0.15, 0.2) is 0 Å². The third-order valence-electron chi connectivity index (χ3n) is 3.28. The van der Waals surface area contributed by atoms with Crippen LogP contribution in [0.5, 0.6) is 0 Å². The number of likely N-dealkylation sites (N-methyl/N-ethyl adjacent to an activating group) is 1. The van der Waals surface area contributed by atoms with E-state index in [1.165, 1.54) is 24.0 Å². The van der Waals surface area contributed by atoms with Crippen molar-refractivity contribution in [1.82, 2.24) is 4.90 Å². The predicted molar refractivity (Wildman–Crippen MR) is 63.7 cm³/mol. The van der Waals surface area contributed by atoms with E-state index in [-0.39, 0.29) is 0 Å². The molecule has 0 heterocycles. The number of hydrogen-bond acceptors (Lipinski definition) is 1. The summed E-state index contributed by atoms with van der Waals surface area (Å²) in [6, 6.07) is 9.36. The van der Waals surface area contributed by atoms with Gasteiger partial charge in [-0.25, -0.2) is 0 Å². The molecule has 1 aromatic carbocycles. The van der Waals surface area contributed by atoms with Gasteiger partial charge >= 0.3 is 0 Å². The molecule has 0 fully saturated rings. The number of terminal acetylenes is 1. The molecule has 0 bridgehead atoms. The van der Waals surface area contributed by atoms with Gasteiger partial charge < -0.3 is 0 Å². The fourth-order valence-electron chi connectivity index (χ4n) is 2.33. The predicted octanol–water partition coefficient (Wildman–Crippen LogP) is 2.11. The maximum Gasteiger partial charge on any atom is 0.0598 e. The smallest absolute Gasteiger partial charge is 0.0598 e. The average molecular weight is 199 g/mol. The molecule has 0 N–H and O–H groups in total. The molecule has 0 aromatic heterocycles. The average Bonchev–Trinajstić information content (AvgIpc) is 2.29. The van der Waals surface area contributed by atoms with Gasteiger partial charge in [0.05, 0.1) is 6.54 Å². The highest BCUT2D eigenvalue weighted by atomic mass is 15.1. The summed E-state index contributed by atoms with van der Waals surface area (Å²) in [5, 5.41) is 0. The van der Waals surface area contributed by atoms with Gasteiger partial charge in [-0.15, -0.1) is 6.42 Å². The minimum absolute atomic E-state index is 0.621. The van der Waals surface area contributed by atoms with E-state index in [1.54, 1.807) is 0 Å². The zero-order valence-electron chi connectivity index (χ0n) is 9.24. The van der Waals surface area contributed by atoms with Crippen LogP contribution >= 0.6 is 0 Å². The van der Waals surface area contributed by atoms with Crippen LogP contribution in [-0.2, 0) is 12.8 Å². The highest BCUT2D eigenvalue weighted by Crippen LogP contribution is 2.23. The first-order valence-corrected chi connectivity index (χ1v) is 5.51. The van der Waals surface area contributed by atoms with Crippen LogP contribution in [0, 0.1) is 12.3 Å². The summed E-state index contributed by atoms with van der Waals surface area (Å²) in [4.78, 5) is 2.29. The summed E-state index contributed by atoms with van der Waals surface area (Å²) in [6.07, 6.45) is 8.91. The quantitative estimate of drug-likeness (QED) is 0.659. The van der Waals surface area contributed by atoms with E-state index >= 15 is 0 Å². The lowest BCUT2D eigenvalue weighted by molar-refractivity contribution is 0.247. The van der Waals surface area contributed by atoms with Gasteiger partial charge in [0.2, 0.25) is 0 Å². The van der Waals surface area contributed by atoms with Crippen molar-refractivity contribution in [2.45, 2.75) is 25.3 Å². The van der Waals surface area contributed by atoms with E-state index in [1.807, 2.05) is 0 Å². The number of hydrogen-bond donors (Lipinski definition) is 0. The van der Waals surface area contributed by atoms with Gasteiger partial charge in [-0.2, -0.15) is 0 Å². The van der Waals surface area contributed by atoms with Crippen LogP contribution in [0.4, 0.5) is 0 Å². The van der Waals surface area contributed by atoms with Crippen molar-refractivity contribution in [2.75, 3.05) is 13.6 Å². The Morgan fingerprint density at radius 3 is 2.87 bits per heavy atom. The van der Waals surface area contributed by atoms with Crippen molar-refractivity contribution < 1.29 is 0 Å². The van der Waals surface area contributed by atoms with Crippen molar-refractivity contribution in [3.63, 3.8) is 0 Å². The minimum Gasteiger partial charge on any atom is -0.292 e. The lowest BCUT2D eigenvalue weighted by Crippen LogP contribution is -2.36. The third-order valence-corrected chi connectivity index (χ3v) is 3.28. The minimum atomic E-state index is 0.621. The highest BCUT2D eigenvalue weighted by Gasteiger charge is 2.20. The first-order chi connectivity index (χ1) is 7.31. The van der Waals surface area contributed by atoms with Crippen LogP contribution in [0.1, 0.15) is 17.5 Å². The lowest BCUT2D eigenvalue weighted by Gasteiger charge is -2.31. The SMILES string of the molecule is C#CCN(C)[C@@H]1CCc2ccccc2C1. The van der Waals surface area contributed by atoms with E-state index in [2.05, 4.69) is 42.1 Å². The van der Waals surface area contributed by atoms with Crippen molar-refractivity contribution in [3.05, 3.63) is 35.4 Å². The Bertz CT molecular complexity index is 375. The zero-order chi connectivity index (χ0) is 10.7. The van der Waals surface area contributed by atoms with Gasteiger partial charge in [-0.3, -0.25) is 4.90 Å². The molecule has 78 valence electrons. The third kappa shape index (κ3) is 2.22. The van der Waals surface area contributed by atoms with Gasteiger partial charge in [-0.05, 0) is 37.4 Å². The summed E-state index contributed by atoms with van der Waals surface area (Å²) < 4.78 is 0. The largest absolute Gasteiger partial charge is 0.292 e. The zero-order valence-corrected chi connectivity index (χ0v) is 9.24. The first kappa shape index (κ1) is 10.3. The Morgan fingerprint density at radius 2 is 2.13 bits per heavy atom. The molecule has 1 aromatic rings. The van der Waals surface area contributed by atoms with Crippen molar-refractivity contribution in [2.24, 2.45) is 0 Å². The molecule has 0 unspecified atom stereocenters. The molecular weight excluding hydrogens is 182 g/mol. The van der Waals surface area contributed by atoms with Crippen molar-refractivity contribution in [3.8, 4) is 12.3 Å². The second kappa shape index (κ2) is 4.51. The van der Waals surface area contributed by atoms with E-state index in [9.17, 15) is 0 Å². The monoisotopic (exact) mass is 199 g/mol. The van der Waals surface area contributed by atoms with Crippen molar-refractivity contribution in [1.29, 1.82) is 0 Å². The Labute approximate surface area is 92.1 Å². The number of nitrogens with zero attached hydrogens (tertiary/aromatic N) is 1. The number of rotatable bonds is 2. The highest BCUT2D eigenvalue weighted by molar-refractivity contribution is 5.30. The van der Waals surface area contributed by atoms with Gasteiger partial charge in [0.1, 0.15) is 0 Å². The second-order valence-corrected chi connectivity index (χ2v) is 4.28. The van der Waals surface area contributed by atoms with Crippen LogP contribution < -0.4 is 0 Å². The summed E-state index contributed by atoms with van der Waals surface area (Å²) in [7, 11) is 2.12. The molecule has 15 heavy (non-hydrogen) atoms. The second-order valence-electron chi connectivity index (χ2n) is 4.28. The van der Waals surface area contributed by atoms with Crippen LogP contribution in [0.2, 0.25) is 0 Å². The van der Waals surface area contributed by atoms with Gasteiger partial charge in [0, 0.05) is 6.04 Å². The summed E-state index contributed by atoms with van der Waals surface area (Å²) in [5.41, 5.74) is 3.01. The number of fused-ring (bicyclic) bond motifs is 1. The van der Waals surface area contributed by atoms with E-state index in [4.69, 9.17) is 6.42 Å². The molecule has 0 aliphatic heterocycles. The van der Waals surface area contributed by atoms with Crippen LogP contribution in [0.15, 0.2) is 24.3 Å². The molecule has 0 spiro atoms. The van der Waals surface area contributed by atoms with Crippen molar-refractivity contribution >= 4 is 0 Å². The molecule has 0 amide bonds. The number of benzene rings is 1. The maximum absolute atomic E-state index is 5.34. The normalized spacial score (nSPS) is 19.7. The molecule has 1 aliphatic rings. The van der Waals surface area contributed by atoms with Gasteiger partial charge in [-0.1, -0.05) is 30.2 Å². The topological polar surface area (TPSA) is 3.24 Å².